The summed E-state index contributed by atoms with van der Waals surface area (Å²) in [4.78, 5) is 23.9. The minimum atomic E-state index is -1.12. The molecule has 0 spiro atoms. The van der Waals surface area contributed by atoms with Gasteiger partial charge in [-0.05, 0) is 51.3 Å². The molecule has 176 valence electrons. The van der Waals surface area contributed by atoms with E-state index < -0.39 is 17.9 Å². The zero-order chi connectivity index (χ0) is 24.5. The Labute approximate surface area is 205 Å². The van der Waals surface area contributed by atoms with Gasteiger partial charge in [0.2, 0.25) is 5.91 Å². The maximum Gasteiger partial charge on any atom is 0.326 e. The topological polar surface area (TPSA) is 84.9 Å². The van der Waals surface area contributed by atoms with E-state index in [2.05, 4.69) is 21.2 Å². The van der Waals surface area contributed by atoms with Gasteiger partial charge in [0.05, 0.1) is 11.6 Å². The molecule has 0 unspecified atom stereocenters. The van der Waals surface area contributed by atoms with Crippen LogP contribution in [0.15, 0.2) is 77.3 Å². The highest BCUT2D eigenvalue weighted by Crippen LogP contribution is 2.37. The Bertz CT molecular complexity index is 1180. The summed E-state index contributed by atoms with van der Waals surface area (Å²) >= 11 is 3.42. The third kappa shape index (κ3) is 6.92. The number of carbonyl (C=O) groups excluding carboxylic acids is 1. The molecule has 0 heterocycles. The van der Waals surface area contributed by atoms with Crippen molar-refractivity contribution in [2.75, 3.05) is 7.11 Å². The van der Waals surface area contributed by atoms with Crippen molar-refractivity contribution < 1.29 is 28.6 Å². The van der Waals surface area contributed by atoms with Crippen LogP contribution in [-0.2, 0) is 22.6 Å². The first-order valence-corrected chi connectivity index (χ1v) is 11.2. The van der Waals surface area contributed by atoms with Crippen molar-refractivity contribution in [2.45, 2.75) is 19.1 Å². The van der Waals surface area contributed by atoms with Gasteiger partial charge in [-0.15, -0.1) is 0 Å². The van der Waals surface area contributed by atoms with E-state index >= 15 is 0 Å². The summed E-state index contributed by atoms with van der Waals surface area (Å²) in [5.74, 6) is -1.25. The first-order valence-electron chi connectivity index (χ1n) is 10.4. The number of carboxylic acids is 1. The van der Waals surface area contributed by atoms with Crippen LogP contribution in [0.25, 0.3) is 6.08 Å². The maximum atomic E-state index is 13.9. The van der Waals surface area contributed by atoms with Crippen molar-refractivity contribution in [3.63, 3.8) is 0 Å². The number of ether oxygens (including phenoxy) is 2. The monoisotopic (exact) mass is 527 g/mol. The number of aliphatic carboxylic acids is 1. The molecular formula is C26H23BrFNO5. The molecule has 1 atom stereocenters. The number of hydrogen-bond acceptors (Lipinski definition) is 4. The number of carbonyl (C=O) groups is 2. The molecule has 3 aromatic rings. The highest BCUT2D eigenvalue weighted by molar-refractivity contribution is 9.10. The largest absolute Gasteiger partial charge is 0.493 e. The van der Waals surface area contributed by atoms with E-state index in [1.807, 2.05) is 18.2 Å². The minimum Gasteiger partial charge on any atom is -0.493 e. The molecule has 3 aromatic carbocycles. The van der Waals surface area contributed by atoms with Crippen LogP contribution in [0.5, 0.6) is 11.5 Å². The molecule has 34 heavy (non-hydrogen) atoms. The van der Waals surface area contributed by atoms with E-state index in [1.54, 1.807) is 42.5 Å². The normalized spacial score (nSPS) is 11.7. The number of benzene rings is 3. The van der Waals surface area contributed by atoms with Crippen LogP contribution in [0.1, 0.15) is 16.7 Å². The van der Waals surface area contributed by atoms with Gasteiger partial charge in [0.1, 0.15) is 18.5 Å². The Balaban J connectivity index is 1.68. The molecule has 2 N–H and O–H groups in total. The van der Waals surface area contributed by atoms with Crippen LogP contribution in [0.4, 0.5) is 4.39 Å². The van der Waals surface area contributed by atoms with Gasteiger partial charge in [0.15, 0.2) is 11.5 Å². The summed E-state index contributed by atoms with van der Waals surface area (Å²) in [6.45, 7) is 0.0111. The Kier molecular flexibility index (Phi) is 8.81. The van der Waals surface area contributed by atoms with E-state index in [4.69, 9.17) is 9.47 Å². The number of hydrogen-bond donors (Lipinski definition) is 2. The van der Waals surface area contributed by atoms with E-state index in [0.29, 0.717) is 27.1 Å². The molecule has 0 radical (unpaired) electrons. The van der Waals surface area contributed by atoms with Crippen LogP contribution in [-0.4, -0.2) is 30.1 Å². The van der Waals surface area contributed by atoms with Gasteiger partial charge in [0.25, 0.3) is 0 Å². The number of rotatable bonds is 10. The lowest BCUT2D eigenvalue weighted by Gasteiger charge is -2.14. The highest BCUT2D eigenvalue weighted by atomic mass is 79.9. The van der Waals surface area contributed by atoms with E-state index in [9.17, 15) is 19.1 Å². The lowest BCUT2D eigenvalue weighted by Crippen LogP contribution is -2.41. The summed E-state index contributed by atoms with van der Waals surface area (Å²) in [6.07, 6.45) is 2.95. The second-order valence-corrected chi connectivity index (χ2v) is 8.19. The quantitative estimate of drug-likeness (QED) is 0.362. The molecule has 0 saturated carbocycles. The third-order valence-corrected chi connectivity index (χ3v) is 5.50. The van der Waals surface area contributed by atoms with Crippen LogP contribution < -0.4 is 14.8 Å². The predicted molar refractivity (Wildman–Crippen MR) is 130 cm³/mol. The SMILES string of the molecule is COc1cc(/C=C/C(=O)N[C@H](Cc2ccccc2)C(=O)O)cc(Br)c1OCc1ccccc1F. The van der Waals surface area contributed by atoms with Gasteiger partial charge in [-0.1, -0.05) is 48.5 Å². The number of amides is 1. The zero-order valence-electron chi connectivity index (χ0n) is 18.3. The number of methoxy groups -OCH3 is 1. The minimum absolute atomic E-state index is 0.0111. The number of carboxylic acid groups (broad SMARTS) is 1. The second kappa shape index (κ2) is 12.0. The Morgan fingerprint density at radius 1 is 1.12 bits per heavy atom. The molecule has 3 rings (SSSR count). The van der Waals surface area contributed by atoms with Crippen LogP contribution in [0.2, 0.25) is 0 Å². The van der Waals surface area contributed by atoms with Gasteiger partial charge in [-0.25, -0.2) is 9.18 Å². The number of nitrogens with one attached hydrogen (secondary N) is 1. The van der Waals surface area contributed by atoms with Crippen molar-refractivity contribution in [2.24, 2.45) is 0 Å². The molecule has 0 aliphatic carbocycles. The molecule has 0 aromatic heterocycles. The molecule has 0 aliphatic heterocycles. The first-order chi connectivity index (χ1) is 16.4. The third-order valence-electron chi connectivity index (χ3n) is 4.91. The lowest BCUT2D eigenvalue weighted by molar-refractivity contribution is -0.141. The molecular weight excluding hydrogens is 505 g/mol. The van der Waals surface area contributed by atoms with Crippen LogP contribution in [0.3, 0.4) is 0 Å². The molecule has 0 aliphatic rings. The summed E-state index contributed by atoms with van der Waals surface area (Å²) < 4.78 is 25.6. The fourth-order valence-corrected chi connectivity index (χ4v) is 3.76. The number of halogens is 2. The first kappa shape index (κ1) is 25.0. The van der Waals surface area contributed by atoms with Crippen molar-refractivity contribution in [3.8, 4) is 11.5 Å². The molecule has 0 saturated heterocycles. The van der Waals surface area contributed by atoms with E-state index in [1.165, 1.54) is 25.3 Å². The summed E-state index contributed by atoms with van der Waals surface area (Å²) in [5, 5.41) is 12.0. The van der Waals surface area contributed by atoms with Gasteiger partial charge in [-0.3, -0.25) is 4.79 Å². The van der Waals surface area contributed by atoms with E-state index in [0.717, 1.165) is 5.56 Å². The average Bonchev–Trinajstić information content (AvgIpc) is 2.83. The standard InChI is InChI=1S/C26H23BrFNO5/c1-33-23-15-18(13-20(27)25(23)34-16-19-9-5-6-10-21(19)28)11-12-24(30)29-22(26(31)32)14-17-7-3-2-4-8-17/h2-13,15,22H,14,16H2,1H3,(H,29,30)(H,31,32)/b12-11+/t22-/m1/s1. The lowest BCUT2D eigenvalue weighted by atomic mass is 10.1. The molecule has 1 amide bonds. The fraction of sp³-hybridized carbons (Fsp3) is 0.154. The molecule has 0 fully saturated rings. The average molecular weight is 528 g/mol. The van der Waals surface area contributed by atoms with Crippen molar-refractivity contribution >= 4 is 33.9 Å². The van der Waals surface area contributed by atoms with Gasteiger partial charge in [0, 0.05) is 18.1 Å². The molecule has 6 nitrogen and oxygen atoms in total. The Morgan fingerprint density at radius 3 is 2.50 bits per heavy atom. The summed E-state index contributed by atoms with van der Waals surface area (Å²) in [6, 6.07) is 17.7. The van der Waals surface area contributed by atoms with Crippen molar-refractivity contribution in [1.29, 1.82) is 0 Å². The second-order valence-electron chi connectivity index (χ2n) is 7.34. The van der Waals surface area contributed by atoms with E-state index in [-0.39, 0.29) is 18.8 Å². The van der Waals surface area contributed by atoms with Crippen LogP contribution in [0, 0.1) is 5.82 Å². The Hall–Kier alpha value is -3.65. The van der Waals surface area contributed by atoms with Crippen molar-refractivity contribution in [1.82, 2.24) is 5.32 Å². The summed E-state index contributed by atoms with van der Waals surface area (Å²) in [5.41, 5.74) is 1.83. The summed E-state index contributed by atoms with van der Waals surface area (Å²) in [7, 11) is 1.47. The van der Waals surface area contributed by atoms with Gasteiger partial charge < -0.3 is 19.9 Å². The fourth-order valence-electron chi connectivity index (χ4n) is 3.18. The van der Waals surface area contributed by atoms with Crippen molar-refractivity contribution in [3.05, 3.63) is 99.8 Å². The van der Waals surface area contributed by atoms with Crippen LogP contribution >= 0.6 is 15.9 Å². The smallest absolute Gasteiger partial charge is 0.326 e. The zero-order valence-corrected chi connectivity index (χ0v) is 19.9. The Morgan fingerprint density at radius 2 is 1.82 bits per heavy atom. The molecule has 8 heteroatoms. The molecule has 0 bridgehead atoms. The van der Waals surface area contributed by atoms with Gasteiger partial charge >= 0.3 is 5.97 Å². The van der Waals surface area contributed by atoms with Gasteiger partial charge in [-0.2, -0.15) is 0 Å². The predicted octanol–water partition coefficient (Wildman–Crippen LogP) is 5.00. The highest BCUT2D eigenvalue weighted by Gasteiger charge is 2.19. The maximum absolute atomic E-state index is 13.9.